The molecule has 7 nitrogen and oxygen atoms in total. The lowest BCUT2D eigenvalue weighted by atomic mass is 10.2. The highest BCUT2D eigenvalue weighted by molar-refractivity contribution is 7.91. The minimum Gasteiger partial charge on any atom is -0.383 e. The third kappa shape index (κ3) is 3.80. The number of aromatic nitrogens is 2. The van der Waals surface area contributed by atoms with Crippen LogP contribution in [0.1, 0.15) is 6.42 Å². The molecule has 2 rings (SSSR count). The van der Waals surface area contributed by atoms with E-state index in [9.17, 15) is 8.42 Å². The zero-order chi connectivity index (χ0) is 14.6. The minimum atomic E-state index is -2.89. The number of nitrogens with zero attached hydrogens (tertiary/aromatic N) is 3. The zero-order valence-corrected chi connectivity index (χ0v) is 12.6. The third-order valence-electron chi connectivity index (χ3n) is 3.35. The van der Waals surface area contributed by atoms with E-state index in [2.05, 4.69) is 15.3 Å². The fourth-order valence-electron chi connectivity index (χ4n) is 2.16. The van der Waals surface area contributed by atoms with Crippen LogP contribution in [0.15, 0.2) is 12.3 Å². The number of methoxy groups -OCH3 is 1. The smallest absolute Gasteiger partial charge is 0.224 e. The standard InChI is InChI=1S/C12H20N4O3S/c1-16(10-4-8-20(17,18)9-10)11-3-5-13-12(15-11)14-6-7-19-2/h3,5,10H,4,6-9H2,1-2H3,(H,13,14,15). The summed E-state index contributed by atoms with van der Waals surface area (Å²) in [4.78, 5) is 10.4. The van der Waals surface area contributed by atoms with E-state index in [0.29, 0.717) is 25.5 Å². The van der Waals surface area contributed by atoms with Crippen molar-refractivity contribution in [2.75, 3.05) is 49.0 Å². The molecule has 20 heavy (non-hydrogen) atoms. The molecule has 0 amide bonds. The number of hydrogen-bond acceptors (Lipinski definition) is 7. The lowest BCUT2D eigenvalue weighted by Gasteiger charge is -2.24. The molecule has 8 heteroatoms. The number of rotatable bonds is 6. The van der Waals surface area contributed by atoms with Gasteiger partial charge in [0.25, 0.3) is 0 Å². The summed E-state index contributed by atoms with van der Waals surface area (Å²) in [6, 6.07) is 1.77. The summed E-state index contributed by atoms with van der Waals surface area (Å²) in [5, 5.41) is 3.06. The third-order valence-corrected chi connectivity index (χ3v) is 5.10. The van der Waals surface area contributed by atoms with Crippen molar-refractivity contribution >= 4 is 21.6 Å². The summed E-state index contributed by atoms with van der Waals surface area (Å²) in [5.74, 6) is 1.70. The van der Waals surface area contributed by atoms with Crippen LogP contribution in [0.4, 0.5) is 11.8 Å². The second-order valence-electron chi connectivity index (χ2n) is 4.83. The number of nitrogens with one attached hydrogen (secondary N) is 1. The zero-order valence-electron chi connectivity index (χ0n) is 11.7. The molecule has 1 N–H and O–H groups in total. The summed E-state index contributed by atoms with van der Waals surface area (Å²) in [7, 11) is 0.607. The average Bonchev–Trinajstić information content (AvgIpc) is 2.79. The Bertz CT molecular complexity index is 549. The fourth-order valence-corrected chi connectivity index (χ4v) is 3.94. The van der Waals surface area contributed by atoms with Gasteiger partial charge in [0.05, 0.1) is 18.1 Å². The summed E-state index contributed by atoms with van der Waals surface area (Å²) < 4.78 is 28.0. The predicted octanol–water partition coefficient (Wildman–Crippen LogP) is 0.158. The molecule has 1 aliphatic rings. The maximum absolute atomic E-state index is 11.5. The first kappa shape index (κ1) is 15.0. The Kier molecular flexibility index (Phi) is 4.77. The minimum absolute atomic E-state index is 0.0123. The van der Waals surface area contributed by atoms with Crippen molar-refractivity contribution in [3.05, 3.63) is 12.3 Å². The first-order chi connectivity index (χ1) is 9.52. The Morgan fingerprint density at radius 3 is 3.00 bits per heavy atom. The molecule has 1 unspecified atom stereocenters. The molecule has 1 saturated heterocycles. The van der Waals surface area contributed by atoms with Crippen LogP contribution in [-0.4, -0.2) is 63.2 Å². The quantitative estimate of drug-likeness (QED) is 0.749. The molecule has 1 aliphatic heterocycles. The van der Waals surface area contributed by atoms with E-state index in [1.54, 1.807) is 19.4 Å². The lowest BCUT2D eigenvalue weighted by molar-refractivity contribution is 0.210. The van der Waals surface area contributed by atoms with Crippen LogP contribution < -0.4 is 10.2 Å². The Morgan fingerprint density at radius 2 is 2.35 bits per heavy atom. The fraction of sp³-hybridized carbons (Fsp3) is 0.667. The molecule has 0 bridgehead atoms. The Hall–Kier alpha value is -1.41. The second kappa shape index (κ2) is 6.36. The van der Waals surface area contributed by atoms with E-state index >= 15 is 0 Å². The molecule has 1 aromatic rings. The number of sulfone groups is 1. The van der Waals surface area contributed by atoms with Crippen molar-refractivity contribution in [3.8, 4) is 0 Å². The van der Waals surface area contributed by atoms with Crippen LogP contribution in [0, 0.1) is 0 Å². The van der Waals surface area contributed by atoms with Gasteiger partial charge >= 0.3 is 0 Å². The summed E-state index contributed by atoms with van der Waals surface area (Å²) in [5.41, 5.74) is 0. The van der Waals surface area contributed by atoms with Gasteiger partial charge in [-0.25, -0.2) is 13.4 Å². The highest BCUT2D eigenvalue weighted by atomic mass is 32.2. The Morgan fingerprint density at radius 1 is 1.55 bits per heavy atom. The average molecular weight is 300 g/mol. The monoisotopic (exact) mass is 300 g/mol. The molecule has 112 valence electrons. The molecule has 1 fully saturated rings. The molecular formula is C12H20N4O3S. The van der Waals surface area contributed by atoms with E-state index in [4.69, 9.17) is 4.74 Å². The van der Waals surface area contributed by atoms with Gasteiger partial charge in [-0.1, -0.05) is 0 Å². The van der Waals surface area contributed by atoms with Crippen LogP contribution in [0.5, 0.6) is 0 Å². The van der Waals surface area contributed by atoms with Gasteiger partial charge in [-0.15, -0.1) is 0 Å². The summed E-state index contributed by atoms with van der Waals surface area (Å²) in [6.45, 7) is 1.20. The van der Waals surface area contributed by atoms with Crippen molar-refractivity contribution in [1.29, 1.82) is 0 Å². The first-order valence-electron chi connectivity index (χ1n) is 6.51. The molecule has 0 saturated carbocycles. The largest absolute Gasteiger partial charge is 0.383 e. The van der Waals surface area contributed by atoms with Crippen LogP contribution in [0.25, 0.3) is 0 Å². The molecule has 0 aliphatic carbocycles. The van der Waals surface area contributed by atoms with Gasteiger partial charge in [0.2, 0.25) is 5.95 Å². The van der Waals surface area contributed by atoms with Crippen molar-refractivity contribution in [2.45, 2.75) is 12.5 Å². The van der Waals surface area contributed by atoms with Gasteiger partial charge in [0, 0.05) is 32.9 Å². The normalized spacial score (nSPS) is 20.8. The van der Waals surface area contributed by atoms with Crippen LogP contribution in [0.2, 0.25) is 0 Å². The number of ether oxygens (including phenoxy) is 1. The Labute approximate surface area is 119 Å². The number of hydrogen-bond donors (Lipinski definition) is 1. The van der Waals surface area contributed by atoms with Crippen molar-refractivity contribution in [2.24, 2.45) is 0 Å². The lowest BCUT2D eigenvalue weighted by Crippen LogP contribution is -2.33. The van der Waals surface area contributed by atoms with Gasteiger partial charge < -0.3 is 15.0 Å². The van der Waals surface area contributed by atoms with Gasteiger partial charge in [0.1, 0.15) is 5.82 Å². The van der Waals surface area contributed by atoms with Gasteiger partial charge in [-0.3, -0.25) is 0 Å². The molecule has 0 radical (unpaired) electrons. The van der Waals surface area contributed by atoms with Gasteiger partial charge in [-0.05, 0) is 12.5 Å². The summed E-state index contributed by atoms with van der Waals surface area (Å²) >= 11 is 0. The number of anilines is 2. The van der Waals surface area contributed by atoms with Gasteiger partial charge in [-0.2, -0.15) is 4.98 Å². The molecule has 0 aromatic carbocycles. The van der Waals surface area contributed by atoms with Crippen molar-refractivity contribution in [1.82, 2.24) is 9.97 Å². The maximum Gasteiger partial charge on any atom is 0.224 e. The molecule has 0 spiro atoms. The van der Waals surface area contributed by atoms with E-state index in [0.717, 1.165) is 5.82 Å². The van der Waals surface area contributed by atoms with Crippen molar-refractivity contribution < 1.29 is 13.2 Å². The van der Waals surface area contributed by atoms with E-state index < -0.39 is 9.84 Å². The molecular weight excluding hydrogens is 280 g/mol. The highest BCUT2D eigenvalue weighted by Crippen LogP contribution is 2.21. The van der Waals surface area contributed by atoms with Crippen LogP contribution in [-0.2, 0) is 14.6 Å². The van der Waals surface area contributed by atoms with Crippen LogP contribution >= 0.6 is 0 Å². The van der Waals surface area contributed by atoms with Crippen molar-refractivity contribution in [3.63, 3.8) is 0 Å². The maximum atomic E-state index is 11.5. The second-order valence-corrected chi connectivity index (χ2v) is 7.05. The highest BCUT2D eigenvalue weighted by Gasteiger charge is 2.31. The van der Waals surface area contributed by atoms with E-state index in [1.807, 2.05) is 11.9 Å². The summed E-state index contributed by atoms with van der Waals surface area (Å²) in [6.07, 6.45) is 2.31. The molecule has 1 atom stereocenters. The topological polar surface area (TPSA) is 84.4 Å². The predicted molar refractivity (Wildman–Crippen MR) is 77.9 cm³/mol. The SMILES string of the molecule is COCCNc1nccc(N(C)C2CCS(=O)(=O)C2)n1. The Balaban J connectivity index is 2.03. The van der Waals surface area contributed by atoms with E-state index in [-0.39, 0.29) is 17.5 Å². The molecule has 1 aromatic heterocycles. The van der Waals surface area contributed by atoms with Crippen LogP contribution in [0.3, 0.4) is 0 Å². The first-order valence-corrected chi connectivity index (χ1v) is 8.33. The van der Waals surface area contributed by atoms with E-state index in [1.165, 1.54) is 0 Å². The molecule has 2 heterocycles. The van der Waals surface area contributed by atoms with Gasteiger partial charge in [0.15, 0.2) is 9.84 Å².